The number of carbonyl (C=O) groups excluding carboxylic acids is 1. The molecular formula is C13H19N3O. The van der Waals surface area contributed by atoms with E-state index in [2.05, 4.69) is 16.4 Å². The molecule has 0 aromatic carbocycles. The van der Waals surface area contributed by atoms with Gasteiger partial charge in [-0.1, -0.05) is 0 Å². The molecule has 1 N–H and O–H groups in total. The van der Waals surface area contributed by atoms with Gasteiger partial charge in [0.05, 0.1) is 6.04 Å². The summed E-state index contributed by atoms with van der Waals surface area (Å²) in [6.07, 6.45) is 6.17. The van der Waals surface area contributed by atoms with Gasteiger partial charge in [-0.25, -0.2) is 4.98 Å². The molecule has 0 spiro atoms. The molecule has 2 rings (SSSR count). The molecule has 1 fully saturated rings. The summed E-state index contributed by atoms with van der Waals surface area (Å²) in [6, 6.07) is 2.34. The lowest BCUT2D eigenvalue weighted by molar-refractivity contribution is -0.121. The van der Waals surface area contributed by atoms with Crippen LogP contribution in [0.2, 0.25) is 0 Å². The van der Waals surface area contributed by atoms with Crippen molar-refractivity contribution in [3.05, 3.63) is 23.4 Å². The fraction of sp³-hybridized carbons (Fsp3) is 0.538. The molecular weight excluding hydrogens is 214 g/mol. The van der Waals surface area contributed by atoms with Crippen LogP contribution in [-0.2, 0) is 4.79 Å². The van der Waals surface area contributed by atoms with E-state index in [4.69, 9.17) is 0 Å². The van der Waals surface area contributed by atoms with Gasteiger partial charge < -0.3 is 10.2 Å². The zero-order valence-electron chi connectivity index (χ0n) is 10.4. The fourth-order valence-corrected chi connectivity index (χ4v) is 2.48. The smallest absolute Gasteiger partial charge is 0.210 e. The molecule has 0 radical (unpaired) electrons. The molecule has 1 saturated heterocycles. The number of aromatic nitrogens is 1. The van der Waals surface area contributed by atoms with Crippen molar-refractivity contribution in [3.63, 3.8) is 0 Å². The van der Waals surface area contributed by atoms with E-state index in [0.717, 1.165) is 42.7 Å². The number of piperidine rings is 1. The quantitative estimate of drug-likeness (QED) is 0.813. The second-order valence-corrected chi connectivity index (χ2v) is 4.54. The highest BCUT2D eigenvalue weighted by Crippen LogP contribution is 2.30. The Hall–Kier alpha value is -1.58. The molecule has 0 bridgehead atoms. The van der Waals surface area contributed by atoms with E-state index < -0.39 is 0 Å². The number of nitrogens with zero attached hydrogens (tertiary/aromatic N) is 2. The Morgan fingerprint density at radius 2 is 2.35 bits per heavy atom. The number of pyridine rings is 1. The topological polar surface area (TPSA) is 45.2 Å². The summed E-state index contributed by atoms with van der Waals surface area (Å²) < 4.78 is 0. The van der Waals surface area contributed by atoms with E-state index in [1.54, 1.807) is 0 Å². The molecule has 0 aliphatic carbocycles. The van der Waals surface area contributed by atoms with Crippen LogP contribution >= 0.6 is 0 Å². The van der Waals surface area contributed by atoms with Gasteiger partial charge in [0.15, 0.2) is 0 Å². The minimum absolute atomic E-state index is 0.207. The van der Waals surface area contributed by atoms with Crippen molar-refractivity contribution in [1.82, 2.24) is 9.88 Å². The molecule has 1 atom stereocenters. The Labute approximate surface area is 102 Å². The monoisotopic (exact) mass is 233 g/mol. The van der Waals surface area contributed by atoms with Gasteiger partial charge in [-0.05, 0) is 43.4 Å². The van der Waals surface area contributed by atoms with Crippen LogP contribution in [0, 0.1) is 6.92 Å². The van der Waals surface area contributed by atoms with Crippen molar-refractivity contribution in [3.8, 4) is 0 Å². The van der Waals surface area contributed by atoms with Gasteiger partial charge in [0, 0.05) is 19.8 Å². The molecule has 1 aromatic rings. The number of hydrogen-bond donors (Lipinski definition) is 1. The highest BCUT2D eigenvalue weighted by molar-refractivity contribution is 5.50. The van der Waals surface area contributed by atoms with Gasteiger partial charge in [-0.2, -0.15) is 0 Å². The van der Waals surface area contributed by atoms with Crippen molar-refractivity contribution < 1.29 is 4.79 Å². The van der Waals surface area contributed by atoms with E-state index in [9.17, 15) is 4.79 Å². The highest BCUT2D eigenvalue weighted by atomic mass is 16.1. The van der Waals surface area contributed by atoms with Crippen LogP contribution in [0.4, 0.5) is 5.82 Å². The number of aryl methyl sites for hydroxylation is 1. The fourth-order valence-electron chi connectivity index (χ4n) is 2.48. The molecule has 1 aromatic heterocycles. The number of hydrogen-bond acceptors (Lipinski definition) is 3. The third-order valence-corrected chi connectivity index (χ3v) is 3.40. The minimum atomic E-state index is 0.207. The largest absolute Gasteiger partial charge is 0.373 e. The van der Waals surface area contributed by atoms with E-state index in [1.807, 2.05) is 25.1 Å². The Bertz CT molecular complexity index is 406. The van der Waals surface area contributed by atoms with Gasteiger partial charge >= 0.3 is 0 Å². The Morgan fingerprint density at radius 3 is 3.00 bits per heavy atom. The Kier molecular flexibility index (Phi) is 3.61. The molecule has 2 heterocycles. The molecule has 17 heavy (non-hydrogen) atoms. The number of nitrogens with one attached hydrogen (secondary N) is 1. The lowest BCUT2D eigenvalue weighted by Crippen LogP contribution is -2.32. The predicted octanol–water partition coefficient (Wildman–Crippen LogP) is 2.12. The molecule has 0 unspecified atom stereocenters. The standard InChI is InChI=1S/C13H19N3O/c1-10-7-11(8-15-13(10)14-2)12-5-3-4-6-16(12)9-17/h7-9,12H,3-6H2,1-2H3,(H,14,15)/t12-/m1/s1. The second-order valence-electron chi connectivity index (χ2n) is 4.54. The molecule has 1 aliphatic heterocycles. The SMILES string of the molecule is CNc1ncc([C@H]2CCCCN2C=O)cc1C. The predicted molar refractivity (Wildman–Crippen MR) is 67.9 cm³/mol. The lowest BCUT2D eigenvalue weighted by atomic mass is 9.96. The van der Waals surface area contributed by atoms with Gasteiger partial charge in [0.25, 0.3) is 0 Å². The highest BCUT2D eigenvalue weighted by Gasteiger charge is 2.23. The molecule has 1 aliphatic rings. The average molecular weight is 233 g/mol. The van der Waals surface area contributed by atoms with E-state index in [-0.39, 0.29) is 6.04 Å². The maximum absolute atomic E-state index is 11.0. The summed E-state index contributed by atoms with van der Waals surface area (Å²) in [4.78, 5) is 17.3. The van der Waals surface area contributed by atoms with Crippen LogP contribution in [0.5, 0.6) is 0 Å². The number of rotatable bonds is 3. The summed E-state index contributed by atoms with van der Waals surface area (Å²) in [5, 5.41) is 3.06. The number of carbonyl (C=O) groups is 1. The maximum Gasteiger partial charge on any atom is 0.210 e. The van der Waals surface area contributed by atoms with E-state index in [1.165, 1.54) is 6.42 Å². The van der Waals surface area contributed by atoms with Crippen LogP contribution in [-0.4, -0.2) is 29.9 Å². The van der Waals surface area contributed by atoms with Gasteiger partial charge in [0.2, 0.25) is 6.41 Å². The van der Waals surface area contributed by atoms with Crippen molar-refractivity contribution in [1.29, 1.82) is 0 Å². The van der Waals surface area contributed by atoms with Gasteiger partial charge in [-0.3, -0.25) is 4.79 Å². The van der Waals surface area contributed by atoms with E-state index >= 15 is 0 Å². The summed E-state index contributed by atoms with van der Waals surface area (Å²) in [5.41, 5.74) is 2.27. The first-order valence-electron chi connectivity index (χ1n) is 6.11. The second kappa shape index (κ2) is 5.17. The number of anilines is 1. The molecule has 0 saturated carbocycles. The van der Waals surface area contributed by atoms with Crippen molar-refractivity contribution in [2.24, 2.45) is 0 Å². The van der Waals surface area contributed by atoms with Crippen LogP contribution in [0.3, 0.4) is 0 Å². The van der Waals surface area contributed by atoms with Crippen molar-refractivity contribution in [2.45, 2.75) is 32.2 Å². The third kappa shape index (κ3) is 2.40. The summed E-state index contributed by atoms with van der Waals surface area (Å²) >= 11 is 0. The average Bonchev–Trinajstić information content (AvgIpc) is 2.38. The van der Waals surface area contributed by atoms with Crippen molar-refractivity contribution >= 4 is 12.2 Å². The molecule has 4 nitrogen and oxygen atoms in total. The number of likely N-dealkylation sites (tertiary alicyclic amines) is 1. The zero-order chi connectivity index (χ0) is 12.3. The normalized spacial score (nSPS) is 20.1. The van der Waals surface area contributed by atoms with Gasteiger partial charge in [-0.15, -0.1) is 0 Å². The third-order valence-electron chi connectivity index (χ3n) is 3.40. The first-order chi connectivity index (χ1) is 8.26. The zero-order valence-corrected chi connectivity index (χ0v) is 10.4. The summed E-state index contributed by atoms with van der Waals surface area (Å²) in [7, 11) is 1.87. The Morgan fingerprint density at radius 1 is 1.53 bits per heavy atom. The minimum Gasteiger partial charge on any atom is -0.373 e. The van der Waals surface area contributed by atoms with Crippen LogP contribution in [0.15, 0.2) is 12.3 Å². The van der Waals surface area contributed by atoms with Crippen molar-refractivity contribution in [2.75, 3.05) is 18.9 Å². The van der Waals surface area contributed by atoms with E-state index in [0.29, 0.717) is 0 Å². The lowest BCUT2D eigenvalue weighted by Gasteiger charge is -2.33. The summed E-state index contributed by atoms with van der Waals surface area (Å²) in [5.74, 6) is 0.905. The maximum atomic E-state index is 11.0. The first-order valence-corrected chi connectivity index (χ1v) is 6.11. The molecule has 4 heteroatoms. The van der Waals surface area contributed by atoms with Crippen LogP contribution < -0.4 is 5.32 Å². The van der Waals surface area contributed by atoms with Gasteiger partial charge in [0.1, 0.15) is 5.82 Å². The molecule has 1 amide bonds. The van der Waals surface area contributed by atoms with Crippen LogP contribution in [0.25, 0.3) is 0 Å². The Balaban J connectivity index is 2.26. The molecule has 92 valence electrons. The van der Waals surface area contributed by atoms with Crippen LogP contribution in [0.1, 0.15) is 36.4 Å². The number of amides is 1. The summed E-state index contributed by atoms with van der Waals surface area (Å²) in [6.45, 7) is 2.90. The first kappa shape index (κ1) is 11.9.